The van der Waals surface area contributed by atoms with Gasteiger partial charge in [0.05, 0.1) is 0 Å². The maximum absolute atomic E-state index is 2.32. The summed E-state index contributed by atoms with van der Waals surface area (Å²) in [5.74, 6) is 2.09. The van der Waals surface area contributed by atoms with Crippen molar-refractivity contribution in [3.8, 4) is 0 Å². The summed E-state index contributed by atoms with van der Waals surface area (Å²) < 4.78 is 0. The molecule has 0 heterocycles. The summed E-state index contributed by atoms with van der Waals surface area (Å²) >= 11 is 0. The van der Waals surface area contributed by atoms with Crippen molar-refractivity contribution in [2.75, 3.05) is 0 Å². The topological polar surface area (TPSA) is 0 Å². The first-order chi connectivity index (χ1) is 15.8. The van der Waals surface area contributed by atoms with Crippen molar-refractivity contribution in [3.05, 3.63) is 22.3 Å². The molecule has 184 valence electrons. The second kappa shape index (κ2) is 15.4. The number of unbranched alkanes of at least 4 members (excludes halogenated alkanes) is 8. The number of allylic oxidation sites excluding steroid dienone is 4. The minimum atomic E-state index is 1.05. The molecule has 0 amide bonds. The Morgan fingerprint density at radius 1 is 0.406 bits per heavy atom. The van der Waals surface area contributed by atoms with Crippen LogP contribution in [0, 0.1) is 11.8 Å². The van der Waals surface area contributed by atoms with Crippen LogP contribution in [0.25, 0.3) is 0 Å². The Morgan fingerprint density at radius 2 is 0.719 bits per heavy atom. The van der Waals surface area contributed by atoms with Crippen molar-refractivity contribution in [1.29, 1.82) is 0 Å². The second-order valence-corrected chi connectivity index (χ2v) is 11.7. The van der Waals surface area contributed by atoms with Gasteiger partial charge in [-0.15, -0.1) is 0 Å². The van der Waals surface area contributed by atoms with Crippen LogP contribution in [0.5, 0.6) is 0 Å². The molecule has 0 heteroatoms. The molecule has 3 fully saturated rings. The van der Waals surface area contributed by atoms with E-state index in [1.807, 2.05) is 22.3 Å². The van der Waals surface area contributed by atoms with E-state index in [1.165, 1.54) is 154 Å². The van der Waals surface area contributed by atoms with E-state index in [4.69, 9.17) is 0 Å². The molecule has 0 bridgehead atoms. The fourth-order valence-corrected chi connectivity index (χ4v) is 6.97. The lowest BCUT2D eigenvalue weighted by Crippen LogP contribution is -2.13. The summed E-state index contributed by atoms with van der Waals surface area (Å²) in [6, 6.07) is 0. The lowest BCUT2D eigenvalue weighted by molar-refractivity contribution is 0.362. The van der Waals surface area contributed by atoms with E-state index in [1.54, 1.807) is 0 Å². The van der Waals surface area contributed by atoms with Gasteiger partial charge in [-0.25, -0.2) is 0 Å². The zero-order valence-electron chi connectivity index (χ0n) is 22.1. The Morgan fingerprint density at radius 3 is 1.06 bits per heavy atom. The van der Waals surface area contributed by atoms with E-state index in [-0.39, 0.29) is 0 Å². The van der Waals surface area contributed by atoms with Gasteiger partial charge in [0.15, 0.2) is 0 Å². The van der Waals surface area contributed by atoms with Gasteiger partial charge in [0.1, 0.15) is 0 Å². The van der Waals surface area contributed by atoms with E-state index in [0.29, 0.717) is 0 Å². The summed E-state index contributed by atoms with van der Waals surface area (Å²) in [6.07, 6.45) is 35.0. The van der Waals surface area contributed by atoms with Crippen LogP contribution in [-0.4, -0.2) is 0 Å². The lowest BCUT2D eigenvalue weighted by Gasteiger charge is -2.31. The fraction of sp³-hybridized carbons (Fsp3) is 0.875. The van der Waals surface area contributed by atoms with Gasteiger partial charge in [-0.05, 0) is 88.9 Å². The molecule has 0 saturated heterocycles. The predicted octanol–water partition coefficient (Wildman–Crippen LogP) is 11.3. The smallest absolute Gasteiger partial charge is 0.0280 e. The van der Waals surface area contributed by atoms with E-state index in [0.717, 1.165) is 11.8 Å². The Balaban J connectivity index is 1.32. The van der Waals surface area contributed by atoms with Crippen LogP contribution in [0.4, 0.5) is 0 Å². The van der Waals surface area contributed by atoms with E-state index in [2.05, 4.69) is 13.8 Å². The number of hydrogen-bond donors (Lipinski definition) is 0. The molecule has 0 aromatic heterocycles. The highest BCUT2D eigenvalue weighted by atomic mass is 14.3. The first-order valence-corrected chi connectivity index (χ1v) is 15.2. The van der Waals surface area contributed by atoms with Gasteiger partial charge in [0, 0.05) is 0 Å². The summed E-state index contributed by atoms with van der Waals surface area (Å²) in [5.41, 5.74) is 7.61. The average molecular weight is 441 g/mol. The Kier molecular flexibility index (Phi) is 12.6. The maximum Gasteiger partial charge on any atom is -0.0280 e. The molecule has 32 heavy (non-hydrogen) atoms. The Bertz CT molecular complexity index is 493. The summed E-state index contributed by atoms with van der Waals surface area (Å²) in [4.78, 5) is 0. The van der Waals surface area contributed by atoms with Gasteiger partial charge in [0.25, 0.3) is 0 Å². The third kappa shape index (κ3) is 9.02. The van der Waals surface area contributed by atoms with Gasteiger partial charge in [-0.2, -0.15) is 0 Å². The fourth-order valence-electron chi connectivity index (χ4n) is 6.97. The average Bonchev–Trinajstić information content (AvgIpc) is 2.85. The highest BCUT2D eigenvalue weighted by Crippen LogP contribution is 2.41. The van der Waals surface area contributed by atoms with Crippen LogP contribution in [0.15, 0.2) is 22.3 Å². The SMILES string of the molecule is CCCCCCCC1CCC(=C2CCC(=C3CCC(CCCCCCC)CC3)CC2)CC1. The highest BCUT2D eigenvalue weighted by molar-refractivity contribution is 5.26. The van der Waals surface area contributed by atoms with E-state index >= 15 is 0 Å². The lowest BCUT2D eigenvalue weighted by atomic mass is 9.75. The monoisotopic (exact) mass is 440 g/mol. The summed E-state index contributed by atoms with van der Waals surface area (Å²) in [7, 11) is 0. The van der Waals surface area contributed by atoms with Crippen molar-refractivity contribution >= 4 is 0 Å². The molecular weight excluding hydrogens is 384 g/mol. The van der Waals surface area contributed by atoms with Crippen molar-refractivity contribution in [1.82, 2.24) is 0 Å². The van der Waals surface area contributed by atoms with Gasteiger partial charge in [0.2, 0.25) is 0 Å². The molecule has 0 aliphatic heterocycles. The van der Waals surface area contributed by atoms with Crippen molar-refractivity contribution in [2.24, 2.45) is 11.8 Å². The van der Waals surface area contributed by atoms with Gasteiger partial charge in [-0.1, -0.05) is 113 Å². The zero-order chi connectivity index (χ0) is 22.4. The molecule has 0 aromatic rings. The predicted molar refractivity (Wildman–Crippen MR) is 143 cm³/mol. The van der Waals surface area contributed by atoms with Crippen LogP contribution >= 0.6 is 0 Å². The van der Waals surface area contributed by atoms with E-state index < -0.39 is 0 Å². The molecule has 3 aliphatic rings. The summed E-state index contributed by atoms with van der Waals surface area (Å²) in [6.45, 7) is 4.64. The van der Waals surface area contributed by atoms with Crippen molar-refractivity contribution in [2.45, 2.75) is 168 Å². The van der Waals surface area contributed by atoms with Crippen molar-refractivity contribution < 1.29 is 0 Å². The van der Waals surface area contributed by atoms with Gasteiger partial charge in [-0.3, -0.25) is 0 Å². The molecule has 3 rings (SSSR count). The number of rotatable bonds is 12. The third-order valence-corrected chi connectivity index (χ3v) is 9.31. The molecule has 3 aliphatic carbocycles. The molecule has 0 nitrogen and oxygen atoms in total. The molecule has 0 spiro atoms. The van der Waals surface area contributed by atoms with Crippen LogP contribution in [-0.2, 0) is 0 Å². The van der Waals surface area contributed by atoms with Gasteiger partial charge >= 0.3 is 0 Å². The molecule has 0 N–H and O–H groups in total. The van der Waals surface area contributed by atoms with E-state index in [9.17, 15) is 0 Å². The largest absolute Gasteiger partial charge is 0.0710 e. The highest BCUT2D eigenvalue weighted by Gasteiger charge is 2.23. The molecule has 3 saturated carbocycles. The maximum atomic E-state index is 2.32. The summed E-state index contributed by atoms with van der Waals surface area (Å²) in [5, 5.41) is 0. The van der Waals surface area contributed by atoms with Crippen LogP contribution in [0.1, 0.15) is 168 Å². The quantitative estimate of drug-likeness (QED) is 0.209. The first kappa shape index (κ1) is 26.1. The second-order valence-electron chi connectivity index (χ2n) is 11.7. The normalized spacial score (nSPS) is 24.9. The Labute approximate surface area is 202 Å². The van der Waals surface area contributed by atoms with Crippen LogP contribution in [0.3, 0.4) is 0 Å². The van der Waals surface area contributed by atoms with Crippen molar-refractivity contribution in [3.63, 3.8) is 0 Å². The molecule has 0 atom stereocenters. The molecule has 0 aromatic carbocycles. The molecule has 0 radical (unpaired) electrons. The van der Waals surface area contributed by atoms with Gasteiger partial charge < -0.3 is 0 Å². The van der Waals surface area contributed by atoms with Crippen LogP contribution in [0.2, 0.25) is 0 Å². The molecule has 0 unspecified atom stereocenters. The third-order valence-electron chi connectivity index (χ3n) is 9.31. The minimum Gasteiger partial charge on any atom is -0.0710 e. The minimum absolute atomic E-state index is 1.05. The zero-order valence-corrected chi connectivity index (χ0v) is 22.1. The number of hydrogen-bond acceptors (Lipinski definition) is 0. The molecular formula is C32H56. The Hall–Kier alpha value is -0.520. The van der Waals surface area contributed by atoms with Crippen LogP contribution < -0.4 is 0 Å². The first-order valence-electron chi connectivity index (χ1n) is 15.2. The standard InChI is InChI=1S/C32H56/c1-3-5-7-9-11-13-27-15-19-29(20-16-27)31-23-25-32(26-24-31)30-21-17-28(18-22-30)14-12-10-8-6-4-2/h27-28H,3-26H2,1-2H3.